The monoisotopic (exact) mass is 328 g/mol. The van der Waals surface area contributed by atoms with Crippen molar-refractivity contribution in [3.63, 3.8) is 0 Å². The molecule has 0 atom stereocenters. The highest BCUT2D eigenvalue weighted by molar-refractivity contribution is 5.66. The minimum Gasteiger partial charge on any atom is -0.481 e. The molecule has 0 saturated carbocycles. The normalized spacial score (nSPS) is 13.0. The molecule has 2 heteroatoms. The van der Waals surface area contributed by atoms with E-state index >= 15 is 0 Å². The predicted molar refractivity (Wildman–Crippen MR) is 105 cm³/mol. The third-order valence-electron chi connectivity index (χ3n) is 3.17. The van der Waals surface area contributed by atoms with Crippen molar-refractivity contribution in [1.82, 2.24) is 0 Å². The lowest BCUT2D eigenvalue weighted by Crippen LogP contribution is -1.92. The number of carboxylic acid groups (broad SMARTS) is 1. The van der Waals surface area contributed by atoms with Gasteiger partial charge in [0.25, 0.3) is 0 Å². The van der Waals surface area contributed by atoms with Crippen LogP contribution in [0, 0.1) is 0 Å². The van der Waals surface area contributed by atoms with Crippen molar-refractivity contribution in [1.29, 1.82) is 0 Å². The highest BCUT2D eigenvalue weighted by Gasteiger charge is 1.93. The SMILES string of the molecule is CC/C=C\CC/C=C/C=C\C\C=C/C=C/C=C/CCCCC(=O)O. The second kappa shape index (κ2) is 19.0. The Kier molecular flexibility index (Phi) is 17.3. The summed E-state index contributed by atoms with van der Waals surface area (Å²) in [6, 6.07) is 0. The van der Waals surface area contributed by atoms with Crippen LogP contribution in [0.15, 0.2) is 72.9 Å². The van der Waals surface area contributed by atoms with Crippen LogP contribution in [0.1, 0.15) is 58.3 Å². The van der Waals surface area contributed by atoms with Crippen molar-refractivity contribution in [3.8, 4) is 0 Å². The Morgan fingerprint density at radius 1 is 0.708 bits per heavy atom. The van der Waals surface area contributed by atoms with Gasteiger partial charge < -0.3 is 5.11 Å². The number of hydrogen-bond donors (Lipinski definition) is 1. The van der Waals surface area contributed by atoms with E-state index in [-0.39, 0.29) is 6.42 Å². The van der Waals surface area contributed by atoms with Gasteiger partial charge in [-0.3, -0.25) is 4.79 Å². The number of allylic oxidation sites excluding steroid dienone is 12. The smallest absolute Gasteiger partial charge is 0.303 e. The number of unbranched alkanes of at least 4 members (excludes halogenated alkanes) is 3. The molecule has 0 aliphatic rings. The Hall–Kier alpha value is -2.09. The Balaban J connectivity index is 3.56. The van der Waals surface area contributed by atoms with E-state index in [0.717, 1.165) is 44.9 Å². The third kappa shape index (κ3) is 19.9. The van der Waals surface area contributed by atoms with Crippen molar-refractivity contribution >= 4 is 5.97 Å². The minimum absolute atomic E-state index is 0.269. The molecule has 0 rings (SSSR count). The average Bonchev–Trinajstić information content (AvgIpc) is 2.56. The maximum Gasteiger partial charge on any atom is 0.303 e. The number of carboxylic acids is 1. The molecule has 0 saturated heterocycles. The van der Waals surface area contributed by atoms with Gasteiger partial charge >= 0.3 is 5.97 Å². The average molecular weight is 328 g/mol. The minimum atomic E-state index is -0.710. The molecule has 0 aliphatic heterocycles. The molecule has 24 heavy (non-hydrogen) atoms. The second-order valence-corrected chi connectivity index (χ2v) is 5.43. The zero-order chi connectivity index (χ0) is 17.7. The maximum absolute atomic E-state index is 10.3. The van der Waals surface area contributed by atoms with Gasteiger partial charge in [0.1, 0.15) is 0 Å². The Morgan fingerprint density at radius 3 is 2.00 bits per heavy atom. The Bertz CT molecular complexity index is 462. The number of hydrogen-bond acceptors (Lipinski definition) is 1. The summed E-state index contributed by atoms with van der Waals surface area (Å²) in [6.07, 6.45) is 32.4. The lowest BCUT2D eigenvalue weighted by molar-refractivity contribution is -0.137. The van der Waals surface area contributed by atoms with Gasteiger partial charge in [-0.15, -0.1) is 0 Å². The fourth-order valence-electron chi connectivity index (χ4n) is 1.89. The van der Waals surface area contributed by atoms with E-state index < -0.39 is 5.97 Å². The molecule has 0 heterocycles. The molecule has 1 N–H and O–H groups in total. The summed E-state index contributed by atoms with van der Waals surface area (Å²) in [5.74, 6) is -0.710. The van der Waals surface area contributed by atoms with E-state index in [2.05, 4.69) is 55.5 Å². The molecule has 0 aromatic carbocycles. The number of rotatable bonds is 14. The summed E-state index contributed by atoms with van der Waals surface area (Å²) in [4.78, 5) is 10.3. The number of carbonyl (C=O) groups is 1. The molecule has 0 fully saturated rings. The zero-order valence-corrected chi connectivity index (χ0v) is 14.9. The lowest BCUT2D eigenvalue weighted by Gasteiger charge is -1.91. The molecule has 0 bridgehead atoms. The van der Waals surface area contributed by atoms with E-state index in [1.165, 1.54) is 0 Å². The van der Waals surface area contributed by atoms with E-state index in [0.29, 0.717) is 0 Å². The highest BCUT2D eigenvalue weighted by atomic mass is 16.4. The van der Waals surface area contributed by atoms with Gasteiger partial charge in [-0.2, -0.15) is 0 Å². The number of aliphatic carboxylic acids is 1. The van der Waals surface area contributed by atoms with Gasteiger partial charge in [-0.1, -0.05) is 79.8 Å². The molecule has 0 amide bonds. The molecule has 0 aromatic heterocycles. The van der Waals surface area contributed by atoms with Crippen LogP contribution < -0.4 is 0 Å². The third-order valence-corrected chi connectivity index (χ3v) is 3.17. The first-order valence-electron chi connectivity index (χ1n) is 8.94. The van der Waals surface area contributed by atoms with Gasteiger partial charge in [0.2, 0.25) is 0 Å². The summed E-state index contributed by atoms with van der Waals surface area (Å²) < 4.78 is 0. The summed E-state index contributed by atoms with van der Waals surface area (Å²) in [6.45, 7) is 2.15. The summed E-state index contributed by atoms with van der Waals surface area (Å²) in [5, 5.41) is 8.51. The second-order valence-electron chi connectivity index (χ2n) is 5.43. The fourth-order valence-corrected chi connectivity index (χ4v) is 1.89. The fraction of sp³-hybridized carbons (Fsp3) is 0.409. The summed E-state index contributed by atoms with van der Waals surface area (Å²) in [7, 11) is 0. The molecule has 2 nitrogen and oxygen atoms in total. The molecular weight excluding hydrogens is 296 g/mol. The van der Waals surface area contributed by atoms with Crippen LogP contribution in [0.5, 0.6) is 0 Å². The van der Waals surface area contributed by atoms with Crippen molar-refractivity contribution in [2.75, 3.05) is 0 Å². The molecular formula is C22H32O2. The lowest BCUT2D eigenvalue weighted by atomic mass is 10.2. The molecule has 0 unspecified atom stereocenters. The highest BCUT2D eigenvalue weighted by Crippen LogP contribution is 2.00. The molecule has 0 aliphatic carbocycles. The Morgan fingerprint density at radius 2 is 1.29 bits per heavy atom. The van der Waals surface area contributed by atoms with E-state index in [4.69, 9.17) is 5.11 Å². The van der Waals surface area contributed by atoms with Crippen molar-refractivity contribution in [3.05, 3.63) is 72.9 Å². The van der Waals surface area contributed by atoms with Crippen LogP contribution >= 0.6 is 0 Å². The molecule has 132 valence electrons. The standard InChI is InChI=1S/C22H32O2/c1-2-3-4-5-6-7-8-9-10-11-12-13-14-15-16-17-18-19-20-21-22(23)24/h3-4,7-10,12-17H,2,5-6,11,18-21H2,1H3,(H,23,24)/b4-3-,8-7+,10-9-,13-12-,15-14+,17-16+. The molecule has 0 aromatic rings. The first-order chi connectivity index (χ1) is 11.8. The van der Waals surface area contributed by atoms with E-state index in [9.17, 15) is 4.79 Å². The van der Waals surface area contributed by atoms with Crippen LogP contribution in [-0.4, -0.2) is 11.1 Å². The first kappa shape index (κ1) is 21.9. The summed E-state index contributed by atoms with van der Waals surface area (Å²) in [5.41, 5.74) is 0. The predicted octanol–water partition coefficient (Wildman–Crippen LogP) is 6.55. The summed E-state index contributed by atoms with van der Waals surface area (Å²) >= 11 is 0. The van der Waals surface area contributed by atoms with Gasteiger partial charge in [-0.05, 0) is 44.9 Å². The van der Waals surface area contributed by atoms with Crippen molar-refractivity contribution in [2.24, 2.45) is 0 Å². The quantitative estimate of drug-likeness (QED) is 0.223. The zero-order valence-electron chi connectivity index (χ0n) is 14.9. The molecule has 0 radical (unpaired) electrons. The van der Waals surface area contributed by atoms with Crippen LogP contribution in [0.25, 0.3) is 0 Å². The van der Waals surface area contributed by atoms with Crippen molar-refractivity contribution < 1.29 is 9.90 Å². The Labute approximate surface area is 147 Å². The van der Waals surface area contributed by atoms with Crippen LogP contribution in [-0.2, 0) is 4.79 Å². The van der Waals surface area contributed by atoms with Gasteiger partial charge in [-0.25, -0.2) is 0 Å². The van der Waals surface area contributed by atoms with Crippen LogP contribution in [0.4, 0.5) is 0 Å². The van der Waals surface area contributed by atoms with Gasteiger partial charge in [0.15, 0.2) is 0 Å². The van der Waals surface area contributed by atoms with E-state index in [1.807, 2.05) is 24.3 Å². The van der Waals surface area contributed by atoms with Crippen molar-refractivity contribution in [2.45, 2.75) is 58.3 Å². The van der Waals surface area contributed by atoms with Crippen LogP contribution in [0.3, 0.4) is 0 Å². The van der Waals surface area contributed by atoms with Gasteiger partial charge in [0.05, 0.1) is 0 Å². The first-order valence-corrected chi connectivity index (χ1v) is 8.94. The maximum atomic E-state index is 10.3. The molecule has 0 spiro atoms. The largest absolute Gasteiger partial charge is 0.481 e. The topological polar surface area (TPSA) is 37.3 Å². The van der Waals surface area contributed by atoms with Gasteiger partial charge in [0, 0.05) is 6.42 Å². The van der Waals surface area contributed by atoms with E-state index in [1.54, 1.807) is 0 Å². The van der Waals surface area contributed by atoms with Crippen LogP contribution in [0.2, 0.25) is 0 Å².